The lowest BCUT2D eigenvalue weighted by atomic mass is 9.83. The van der Waals surface area contributed by atoms with Crippen LogP contribution in [-0.2, 0) is 4.79 Å². The molecule has 1 aliphatic rings. The molecule has 1 saturated carbocycles. The molecule has 2 heteroatoms. The lowest BCUT2D eigenvalue weighted by Gasteiger charge is -2.22. The second-order valence-corrected chi connectivity index (χ2v) is 4.09. The molecule has 0 atom stereocenters. The molecular formula is C14H20O2. The van der Waals surface area contributed by atoms with Crippen LogP contribution in [0.4, 0.5) is 0 Å². The monoisotopic (exact) mass is 220 g/mol. The highest BCUT2D eigenvalue weighted by Gasteiger charge is 2.20. The van der Waals surface area contributed by atoms with Gasteiger partial charge in [0.2, 0.25) is 0 Å². The van der Waals surface area contributed by atoms with Gasteiger partial charge in [-0.2, -0.15) is 0 Å². The maximum atomic E-state index is 11.2. The van der Waals surface area contributed by atoms with Crippen molar-refractivity contribution in [2.75, 3.05) is 6.61 Å². The van der Waals surface area contributed by atoms with Crippen molar-refractivity contribution in [3.8, 4) is 0 Å². The largest absolute Gasteiger partial charge is 0.392 e. The van der Waals surface area contributed by atoms with Gasteiger partial charge in [0, 0.05) is 12.8 Å². The first-order valence-corrected chi connectivity index (χ1v) is 5.90. The topological polar surface area (TPSA) is 37.3 Å². The van der Waals surface area contributed by atoms with E-state index in [2.05, 4.69) is 6.08 Å². The number of ketones is 1. The predicted molar refractivity (Wildman–Crippen MR) is 66.1 cm³/mol. The average Bonchev–Trinajstić information content (AvgIpc) is 2.31. The van der Waals surface area contributed by atoms with E-state index in [-0.39, 0.29) is 6.61 Å². The van der Waals surface area contributed by atoms with Crippen LogP contribution in [0.15, 0.2) is 36.0 Å². The molecular weight excluding hydrogens is 200 g/mol. The Kier molecular flexibility index (Phi) is 5.79. The van der Waals surface area contributed by atoms with Crippen LogP contribution in [0, 0.1) is 5.92 Å². The smallest absolute Gasteiger partial charge is 0.132 e. The van der Waals surface area contributed by atoms with Crippen LogP contribution >= 0.6 is 0 Å². The van der Waals surface area contributed by atoms with Crippen molar-refractivity contribution in [2.24, 2.45) is 5.92 Å². The van der Waals surface area contributed by atoms with Gasteiger partial charge < -0.3 is 5.11 Å². The molecule has 0 bridgehead atoms. The Morgan fingerprint density at radius 1 is 1.44 bits per heavy atom. The minimum Gasteiger partial charge on any atom is -0.392 e. The summed E-state index contributed by atoms with van der Waals surface area (Å²) in [7, 11) is 0. The summed E-state index contributed by atoms with van der Waals surface area (Å²) in [4.78, 5) is 11.2. The van der Waals surface area contributed by atoms with Crippen LogP contribution in [0.1, 0.15) is 32.6 Å². The van der Waals surface area contributed by atoms with Gasteiger partial charge in [0.25, 0.3) is 0 Å². The van der Waals surface area contributed by atoms with E-state index in [9.17, 15) is 4.79 Å². The summed E-state index contributed by atoms with van der Waals surface area (Å²) in [6, 6.07) is 0. The van der Waals surface area contributed by atoms with E-state index >= 15 is 0 Å². The lowest BCUT2D eigenvalue weighted by molar-refractivity contribution is -0.120. The molecule has 0 amide bonds. The third-order valence-electron chi connectivity index (χ3n) is 2.91. The third-order valence-corrected chi connectivity index (χ3v) is 2.91. The van der Waals surface area contributed by atoms with Crippen molar-refractivity contribution >= 4 is 5.78 Å². The van der Waals surface area contributed by atoms with Gasteiger partial charge in [0.05, 0.1) is 6.61 Å². The predicted octanol–water partition coefficient (Wildman–Crippen LogP) is 2.80. The molecule has 0 saturated heterocycles. The molecule has 0 radical (unpaired) electrons. The van der Waals surface area contributed by atoms with Gasteiger partial charge in [-0.3, -0.25) is 4.79 Å². The standard InChI is InChI=1S/C14H20O2/c1-2-3-5-12(6-4-11-15)13-7-9-14(16)10-8-13/h2-6,13,15H,7-11H2,1H3/b3-2-,6-4-,12-5+. The first kappa shape index (κ1) is 12.9. The molecule has 0 aromatic carbocycles. The Labute approximate surface area is 97.4 Å². The van der Waals surface area contributed by atoms with Crippen LogP contribution in [-0.4, -0.2) is 17.5 Å². The number of allylic oxidation sites excluding steroid dienone is 5. The van der Waals surface area contributed by atoms with E-state index in [0.29, 0.717) is 24.5 Å². The van der Waals surface area contributed by atoms with Crippen LogP contribution < -0.4 is 0 Å². The number of rotatable bonds is 4. The number of hydrogen-bond acceptors (Lipinski definition) is 2. The number of aliphatic hydroxyl groups excluding tert-OH is 1. The van der Waals surface area contributed by atoms with E-state index in [1.165, 1.54) is 5.57 Å². The van der Waals surface area contributed by atoms with Crippen molar-refractivity contribution < 1.29 is 9.90 Å². The number of carbonyl (C=O) groups is 1. The Hall–Kier alpha value is -1.15. The van der Waals surface area contributed by atoms with Crippen molar-refractivity contribution in [1.29, 1.82) is 0 Å². The quantitative estimate of drug-likeness (QED) is 0.740. The maximum Gasteiger partial charge on any atom is 0.132 e. The van der Waals surface area contributed by atoms with Crippen molar-refractivity contribution in [3.05, 3.63) is 36.0 Å². The van der Waals surface area contributed by atoms with Crippen molar-refractivity contribution in [2.45, 2.75) is 32.6 Å². The fraction of sp³-hybridized carbons (Fsp3) is 0.500. The molecule has 0 heterocycles. The minimum absolute atomic E-state index is 0.0683. The molecule has 0 aliphatic heterocycles. The summed E-state index contributed by atoms with van der Waals surface area (Å²) in [6.45, 7) is 2.05. The zero-order valence-electron chi connectivity index (χ0n) is 9.86. The molecule has 1 aliphatic carbocycles. The van der Waals surface area contributed by atoms with Crippen molar-refractivity contribution in [1.82, 2.24) is 0 Å². The highest BCUT2D eigenvalue weighted by atomic mass is 16.2. The highest BCUT2D eigenvalue weighted by Crippen LogP contribution is 2.28. The molecule has 1 fully saturated rings. The van der Waals surface area contributed by atoms with Gasteiger partial charge in [-0.1, -0.05) is 30.4 Å². The minimum atomic E-state index is 0.0683. The summed E-state index contributed by atoms with van der Waals surface area (Å²) in [5, 5.41) is 8.79. The molecule has 0 aromatic rings. The summed E-state index contributed by atoms with van der Waals surface area (Å²) >= 11 is 0. The van der Waals surface area contributed by atoms with Crippen molar-refractivity contribution in [3.63, 3.8) is 0 Å². The Morgan fingerprint density at radius 2 is 2.12 bits per heavy atom. The van der Waals surface area contributed by atoms with E-state index in [1.54, 1.807) is 6.08 Å². The number of Topliss-reactive ketones (excluding diaryl/α,β-unsaturated/α-hetero) is 1. The Morgan fingerprint density at radius 3 is 2.69 bits per heavy atom. The van der Waals surface area contributed by atoms with Gasteiger partial charge in [-0.15, -0.1) is 0 Å². The van der Waals surface area contributed by atoms with Gasteiger partial charge in [-0.05, 0) is 31.3 Å². The highest BCUT2D eigenvalue weighted by molar-refractivity contribution is 5.79. The van der Waals surface area contributed by atoms with Crippen LogP contribution in [0.3, 0.4) is 0 Å². The zero-order valence-corrected chi connectivity index (χ0v) is 9.86. The molecule has 16 heavy (non-hydrogen) atoms. The SMILES string of the molecule is C\C=C/C=C(\C=C/CO)C1CCC(=O)CC1. The number of hydrogen-bond donors (Lipinski definition) is 1. The summed E-state index contributed by atoms with van der Waals surface area (Å²) in [5.74, 6) is 0.851. The Bertz CT molecular complexity index is 301. The van der Waals surface area contributed by atoms with Gasteiger partial charge >= 0.3 is 0 Å². The number of aliphatic hydroxyl groups is 1. The first-order chi connectivity index (χ1) is 7.77. The fourth-order valence-electron chi connectivity index (χ4n) is 2.00. The summed E-state index contributed by atoms with van der Waals surface area (Å²) < 4.78 is 0. The normalized spacial score (nSPS) is 20.1. The second kappa shape index (κ2) is 7.18. The average molecular weight is 220 g/mol. The molecule has 0 aromatic heterocycles. The fourth-order valence-corrected chi connectivity index (χ4v) is 2.00. The van der Waals surface area contributed by atoms with Gasteiger partial charge in [-0.25, -0.2) is 0 Å². The van der Waals surface area contributed by atoms with E-state index in [1.807, 2.05) is 25.2 Å². The zero-order chi connectivity index (χ0) is 11.8. The molecule has 1 rings (SSSR count). The first-order valence-electron chi connectivity index (χ1n) is 5.90. The van der Waals surface area contributed by atoms with E-state index < -0.39 is 0 Å². The van der Waals surface area contributed by atoms with Gasteiger partial charge in [0.1, 0.15) is 5.78 Å². The van der Waals surface area contributed by atoms with E-state index in [4.69, 9.17) is 5.11 Å². The summed E-state index contributed by atoms with van der Waals surface area (Å²) in [6.07, 6.45) is 13.1. The molecule has 0 spiro atoms. The molecule has 2 nitrogen and oxygen atoms in total. The number of carbonyl (C=O) groups excluding carboxylic acids is 1. The van der Waals surface area contributed by atoms with E-state index in [0.717, 1.165) is 12.8 Å². The molecule has 1 N–H and O–H groups in total. The van der Waals surface area contributed by atoms with Crippen LogP contribution in [0.2, 0.25) is 0 Å². The lowest BCUT2D eigenvalue weighted by Crippen LogP contribution is -2.15. The van der Waals surface area contributed by atoms with Gasteiger partial charge in [0.15, 0.2) is 0 Å². The summed E-state index contributed by atoms with van der Waals surface area (Å²) in [5.41, 5.74) is 1.22. The third kappa shape index (κ3) is 4.15. The molecule has 0 unspecified atom stereocenters. The van der Waals surface area contributed by atoms with Crippen LogP contribution in [0.25, 0.3) is 0 Å². The maximum absolute atomic E-state index is 11.2. The Balaban J connectivity index is 2.68. The van der Waals surface area contributed by atoms with Crippen LogP contribution in [0.5, 0.6) is 0 Å². The molecule has 88 valence electrons. The second-order valence-electron chi connectivity index (χ2n) is 4.09.